The summed E-state index contributed by atoms with van der Waals surface area (Å²) in [7, 11) is 0. The van der Waals surface area contributed by atoms with E-state index >= 15 is 0 Å². The van der Waals surface area contributed by atoms with Gasteiger partial charge >= 0.3 is 0 Å². The topological polar surface area (TPSA) is 49.4 Å². The quantitative estimate of drug-likeness (QED) is 0.615. The molecular weight excluding hydrogens is 412 g/mol. The minimum atomic E-state index is -0.0404. The molecule has 2 aromatic rings. The third kappa shape index (κ3) is 6.61. The van der Waals surface area contributed by atoms with Crippen LogP contribution in [0.3, 0.4) is 0 Å². The molecule has 162 valence electrons. The number of likely N-dealkylation sites (tertiary alicyclic amines) is 1. The summed E-state index contributed by atoms with van der Waals surface area (Å²) in [4.78, 5) is 28.9. The molecule has 1 aliphatic heterocycles. The lowest BCUT2D eigenvalue weighted by Gasteiger charge is -2.34. The summed E-state index contributed by atoms with van der Waals surface area (Å²) >= 11 is 3.46. The van der Waals surface area contributed by atoms with E-state index in [9.17, 15) is 9.59 Å². The zero-order chi connectivity index (χ0) is 21.3. The number of rotatable bonds is 9. The number of nitrogens with zero attached hydrogens (tertiary/aromatic N) is 1. The molecule has 1 N–H and O–H groups in total. The van der Waals surface area contributed by atoms with Crippen molar-refractivity contribution in [3.05, 3.63) is 58.3 Å². The maximum absolute atomic E-state index is 13.1. The summed E-state index contributed by atoms with van der Waals surface area (Å²) in [6.45, 7) is 6.28. The average molecular weight is 445 g/mol. The number of amides is 2. The zero-order valence-electron chi connectivity index (χ0n) is 17.9. The molecule has 0 saturated carbocycles. The molecule has 1 aliphatic rings. The lowest BCUT2D eigenvalue weighted by molar-refractivity contribution is -0.135. The van der Waals surface area contributed by atoms with E-state index in [1.54, 1.807) is 23.1 Å². The van der Waals surface area contributed by atoms with E-state index in [0.717, 1.165) is 25.0 Å². The Morgan fingerprint density at radius 3 is 2.50 bits per heavy atom. The number of carbonyl (C=O) groups excluding carboxylic acids is 2. The second-order valence-corrected chi connectivity index (χ2v) is 10.3. The molecule has 1 fully saturated rings. The van der Waals surface area contributed by atoms with Crippen molar-refractivity contribution in [3.8, 4) is 0 Å². The van der Waals surface area contributed by atoms with Crippen LogP contribution in [0.4, 0.5) is 0 Å². The van der Waals surface area contributed by atoms with Crippen LogP contribution in [0, 0.1) is 11.8 Å². The maximum Gasteiger partial charge on any atom is 0.235 e. The molecule has 3 rings (SSSR count). The highest BCUT2D eigenvalue weighted by atomic mass is 32.2. The van der Waals surface area contributed by atoms with E-state index in [2.05, 4.69) is 42.7 Å². The first-order valence-corrected chi connectivity index (χ1v) is 12.7. The minimum Gasteiger partial charge on any atom is -0.355 e. The van der Waals surface area contributed by atoms with Gasteiger partial charge in [0.05, 0.1) is 5.25 Å². The third-order valence-electron chi connectivity index (χ3n) is 5.55. The molecule has 2 amide bonds. The Bertz CT molecular complexity index is 785. The highest BCUT2D eigenvalue weighted by Crippen LogP contribution is 2.28. The molecule has 0 spiro atoms. The van der Waals surface area contributed by atoms with Crippen molar-refractivity contribution in [1.82, 2.24) is 10.2 Å². The monoisotopic (exact) mass is 444 g/mol. The van der Waals surface area contributed by atoms with E-state index < -0.39 is 0 Å². The molecule has 1 aromatic heterocycles. The summed E-state index contributed by atoms with van der Waals surface area (Å²) in [5.41, 5.74) is 1.25. The standard InChI is InChI=1S/C24H32N2O2S2/c1-18(2)22(30-17-19-7-4-3-5-8-19)24(28)26-14-11-20(12-15-26)23(27)25-13-10-21-9-6-16-29-21/h3-9,16,18,20,22H,10-15,17H2,1-2H3,(H,25,27). The van der Waals surface area contributed by atoms with E-state index in [0.29, 0.717) is 19.6 Å². The summed E-state index contributed by atoms with van der Waals surface area (Å²) in [6.07, 6.45) is 2.39. The predicted molar refractivity (Wildman–Crippen MR) is 127 cm³/mol. The molecule has 0 aliphatic carbocycles. The smallest absolute Gasteiger partial charge is 0.235 e. The fourth-order valence-electron chi connectivity index (χ4n) is 3.76. The van der Waals surface area contributed by atoms with Crippen molar-refractivity contribution in [3.63, 3.8) is 0 Å². The first-order chi connectivity index (χ1) is 14.5. The SMILES string of the molecule is CC(C)C(SCc1ccccc1)C(=O)N1CCC(C(=O)NCCc2cccs2)CC1. The van der Waals surface area contributed by atoms with Gasteiger partial charge in [0.2, 0.25) is 11.8 Å². The van der Waals surface area contributed by atoms with Crippen LogP contribution in [0.15, 0.2) is 47.8 Å². The van der Waals surface area contributed by atoms with Gasteiger partial charge in [0, 0.05) is 36.2 Å². The van der Waals surface area contributed by atoms with Crippen LogP contribution in [0.25, 0.3) is 0 Å². The number of hydrogen-bond donors (Lipinski definition) is 1. The number of thioether (sulfide) groups is 1. The van der Waals surface area contributed by atoms with Crippen molar-refractivity contribution in [2.45, 2.75) is 44.1 Å². The van der Waals surface area contributed by atoms with E-state index in [-0.39, 0.29) is 28.9 Å². The summed E-state index contributed by atoms with van der Waals surface area (Å²) in [5, 5.41) is 5.10. The van der Waals surface area contributed by atoms with E-state index in [1.807, 2.05) is 29.2 Å². The Morgan fingerprint density at radius 2 is 1.87 bits per heavy atom. The van der Waals surface area contributed by atoms with Gasteiger partial charge in [-0.05, 0) is 42.2 Å². The number of benzene rings is 1. The molecule has 6 heteroatoms. The van der Waals surface area contributed by atoms with Crippen LogP contribution >= 0.6 is 23.1 Å². The Balaban J connectivity index is 1.43. The number of carbonyl (C=O) groups is 2. The molecule has 0 bridgehead atoms. The van der Waals surface area contributed by atoms with Gasteiger partial charge in [-0.25, -0.2) is 0 Å². The van der Waals surface area contributed by atoms with Gasteiger partial charge in [-0.2, -0.15) is 0 Å². The van der Waals surface area contributed by atoms with Crippen LogP contribution in [0.1, 0.15) is 37.1 Å². The number of hydrogen-bond acceptors (Lipinski definition) is 4. The number of nitrogens with one attached hydrogen (secondary N) is 1. The normalized spacial score (nSPS) is 15.9. The Morgan fingerprint density at radius 1 is 1.13 bits per heavy atom. The summed E-state index contributed by atoms with van der Waals surface area (Å²) in [6, 6.07) is 14.5. The van der Waals surface area contributed by atoms with E-state index in [4.69, 9.17) is 0 Å². The van der Waals surface area contributed by atoms with Gasteiger partial charge < -0.3 is 10.2 Å². The fourth-order valence-corrected chi connectivity index (χ4v) is 5.71. The van der Waals surface area contributed by atoms with Gasteiger partial charge in [0.25, 0.3) is 0 Å². The zero-order valence-corrected chi connectivity index (χ0v) is 19.5. The lowest BCUT2D eigenvalue weighted by atomic mass is 9.95. The average Bonchev–Trinajstić information content (AvgIpc) is 3.28. The van der Waals surface area contributed by atoms with Crippen LogP contribution in [0.2, 0.25) is 0 Å². The molecule has 1 atom stereocenters. The van der Waals surface area contributed by atoms with E-state index in [1.165, 1.54) is 10.4 Å². The fraction of sp³-hybridized carbons (Fsp3) is 0.500. The highest BCUT2D eigenvalue weighted by Gasteiger charge is 2.32. The lowest BCUT2D eigenvalue weighted by Crippen LogP contribution is -2.47. The van der Waals surface area contributed by atoms with Gasteiger partial charge in [-0.15, -0.1) is 23.1 Å². The molecule has 4 nitrogen and oxygen atoms in total. The Kier molecular flexibility index (Phi) is 8.82. The van der Waals surface area contributed by atoms with Gasteiger partial charge in [-0.3, -0.25) is 9.59 Å². The molecule has 1 saturated heterocycles. The molecule has 2 heterocycles. The Labute approximate surface area is 188 Å². The number of piperidine rings is 1. The highest BCUT2D eigenvalue weighted by molar-refractivity contribution is 7.99. The second kappa shape index (κ2) is 11.6. The molecule has 1 aromatic carbocycles. The summed E-state index contributed by atoms with van der Waals surface area (Å²) < 4.78 is 0. The van der Waals surface area contributed by atoms with Crippen LogP contribution < -0.4 is 5.32 Å². The molecule has 1 unspecified atom stereocenters. The van der Waals surface area contributed by atoms with Gasteiger partial charge in [0.1, 0.15) is 0 Å². The third-order valence-corrected chi connectivity index (χ3v) is 8.09. The number of thiophene rings is 1. The van der Waals surface area contributed by atoms with Crippen molar-refractivity contribution in [2.75, 3.05) is 19.6 Å². The first-order valence-electron chi connectivity index (χ1n) is 10.8. The van der Waals surface area contributed by atoms with Crippen molar-refractivity contribution < 1.29 is 9.59 Å². The Hall–Kier alpha value is -1.79. The van der Waals surface area contributed by atoms with Crippen molar-refractivity contribution in [1.29, 1.82) is 0 Å². The first kappa shape index (κ1) is 22.9. The van der Waals surface area contributed by atoms with Gasteiger partial charge in [-0.1, -0.05) is 50.2 Å². The van der Waals surface area contributed by atoms with Crippen LogP contribution in [-0.2, 0) is 21.8 Å². The maximum atomic E-state index is 13.1. The van der Waals surface area contributed by atoms with Crippen molar-refractivity contribution >= 4 is 34.9 Å². The van der Waals surface area contributed by atoms with Crippen LogP contribution in [-0.4, -0.2) is 41.6 Å². The van der Waals surface area contributed by atoms with Gasteiger partial charge in [0.15, 0.2) is 0 Å². The van der Waals surface area contributed by atoms with Crippen LogP contribution in [0.5, 0.6) is 0 Å². The largest absolute Gasteiger partial charge is 0.355 e. The predicted octanol–water partition coefficient (Wildman–Crippen LogP) is 4.60. The summed E-state index contributed by atoms with van der Waals surface area (Å²) in [5.74, 6) is 1.51. The molecule has 30 heavy (non-hydrogen) atoms. The second-order valence-electron chi connectivity index (χ2n) is 8.18. The van der Waals surface area contributed by atoms with Crippen molar-refractivity contribution in [2.24, 2.45) is 11.8 Å². The molecular formula is C24H32N2O2S2. The minimum absolute atomic E-state index is 0.0202. The molecule has 0 radical (unpaired) electrons.